The van der Waals surface area contributed by atoms with E-state index in [1.807, 2.05) is 42.5 Å². The fraction of sp³-hybridized carbons (Fsp3) is 0.158. The highest BCUT2D eigenvalue weighted by Gasteiger charge is 2.19. The van der Waals surface area contributed by atoms with Crippen molar-refractivity contribution in [2.75, 3.05) is 7.11 Å². The standard InChI is InChI=1S/C19H18N2O3/c1-23-13-16-7-8-17(24-16)19(22)21-18(14-5-3-2-4-6-14)15-9-11-20-12-10-15/h2-12,18H,13H2,1H3,(H,21,22). The van der Waals surface area contributed by atoms with Crippen molar-refractivity contribution in [2.45, 2.75) is 12.6 Å². The Hall–Kier alpha value is -2.92. The molecular formula is C19H18N2O3. The van der Waals surface area contributed by atoms with Crippen LogP contribution in [0.25, 0.3) is 0 Å². The number of hydrogen-bond acceptors (Lipinski definition) is 4. The second kappa shape index (κ2) is 7.57. The van der Waals surface area contributed by atoms with Gasteiger partial charge in [-0.1, -0.05) is 30.3 Å². The lowest BCUT2D eigenvalue weighted by Gasteiger charge is -2.19. The lowest BCUT2D eigenvalue weighted by molar-refractivity contribution is 0.0906. The number of carbonyl (C=O) groups is 1. The molecule has 122 valence electrons. The molecule has 0 aliphatic rings. The van der Waals surface area contributed by atoms with Gasteiger partial charge < -0.3 is 14.5 Å². The van der Waals surface area contributed by atoms with E-state index in [4.69, 9.17) is 9.15 Å². The fourth-order valence-electron chi connectivity index (χ4n) is 2.48. The molecule has 0 aliphatic heterocycles. The monoisotopic (exact) mass is 322 g/mol. The van der Waals surface area contributed by atoms with Gasteiger partial charge >= 0.3 is 0 Å². The van der Waals surface area contributed by atoms with Crippen molar-refractivity contribution in [3.63, 3.8) is 0 Å². The van der Waals surface area contributed by atoms with Crippen LogP contribution in [0.2, 0.25) is 0 Å². The number of furan rings is 1. The summed E-state index contributed by atoms with van der Waals surface area (Å²) >= 11 is 0. The predicted molar refractivity (Wildman–Crippen MR) is 89.4 cm³/mol. The number of rotatable bonds is 6. The summed E-state index contributed by atoms with van der Waals surface area (Å²) in [6, 6.07) is 16.7. The third-order valence-corrected chi connectivity index (χ3v) is 3.62. The summed E-state index contributed by atoms with van der Waals surface area (Å²) in [4.78, 5) is 16.6. The van der Waals surface area contributed by atoms with Crippen LogP contribution in [-0.4, -0.2) is 18.0 Å². The van der Waals surface area contributed by atoms with E-state index >= 15 is 0 Å². The number of pyridine rings is 1. The van der Waals surface area contributed by atoms with Crippen LogP contribution in [0.3, 0.4) is 0 Å². The lowest BCUT2D eigenvalue weighted by Crippen LogP contribution is -2.29. The van der Waals surface area contributed by atoms with E-state index in [1.165, 1.54) is 0 Å². The summed E-state index contributed by atoms with van der Waals surface area (Å²) in [5, 5.41) is 3.02. The number of benzene rings is 1. The molecule has 2 aromatic heterocycles. The number of aromatic nitrogens is 1. The maximum atomic E-state index is 12.6. The highest BCUT2D eigenvalue weighted by atomic mass is 16.5. The number of nitrogens with zero attached hydrogens (tertiary/aromatic N) is 1. The van der Waals surface area contributed by atoms with E-state index in [0.717, 1.165) is 11.1 Å². The van der Waals surface area contributed by atoms with Gasteiger partial charge in [0.1, 0.15) is 12.4 Å². The summed E-state index contributed by atoms with van der Waals surface area (Å²) in [6.07, 6.45) is 3.42. The molecule has 0 radical (unpaired) electrons. The van der Waals surface area contributed by atoms with E-state index < -0.39 is 0 Å². The van der Waals surface area contributed by atoms with Crippen LogP contribution in [0, 0.1) is 0 Å². The first-order chi connectivity index (χ1) is 11.8. The van der Waals surface area contributed by atoms with E-state index in [9.17, 15) is 4.79 Å². The zero-order valence-electron chi connectivity index (χ0n) is 13.3. The first-order valence-electron chi connectivity index (χ1n) is 7.61. The van der Waals surface area contributed by atoms with Crippen LogP contribution < -0.4 is 5.32 Å². The molecule has 24 heavy (non-hydrogen) atoms. The van der Waals surface area contributed by atoms with Gasteiger partial charge in [0.05, 0.1) is 6.04 Å². The largest absolute Gasteiger partial charge is 0.453 e. The zero-order chi connectivity index (χ0) is 16.8. The first kappa shape index (κ1) is 16.0. The Labute approximate surface area is 140 Å². The van der Waals surface area contributed by atoms with Gasteiger partial charge in [0.2, 0.25) is 0 Å². The topological polar surface area (TPSA) is 64.4 Å². The highest BCUT2D eigenvalue weighted by molar-refractivity contribution is 5.92. The van der Waals surface area contributed by atoms with E-state index in [0.29, 0.717) is 12.4 Å². The average molecular weight is 322 g/mol. The normalized spacial score (nSPS) is 11.9. The minimum atomic E-state index is -0.280. The predicted octanol–water partition coefficient (Wildman–Crippen LogP) is 3.34. The molecule has 0 fully saturated rings. The quantitative estimate of drug-likeness (QED) is 0.756. The molecule has 5 heteroatoms. The summed E-state index contributed by atoms with van der Waals surface area (Å²) in [5.41, 5.74) is 1.94. The Balaban J connectivity index is 1.85. The fourth-order valence-corrected chi connectivity index (χ4v) is 2.48. The maximum absolute atomic E-state index is 12.6. The molecule has 0 saturated carbocycles. The number of nitrogens with one attached hydrogen (secondary N) is 1. The first-order valence-corrected chi connectivity index (χ1v) is 7.61. The Morgan fingerprint density at radius 3 is 2.50 bits per heavy atom. The number of amides is 1. The number of carbonyl (C=O) groups excluding carboxylic acids is 1. The SMILES string of the molecule is COCc1ccc(C(=O)NC(c2ccccc2)c2ccncc2)o1. The van der Waals surface area contributed by atoms with Crippen molar-refractivity contribution >= 4 is 5.91 Å². The van der Waals surface area contributed by atoms with Gasteiger partial charge in [-0.05, 0) is 35.4 Å². The van der Waals surface area contributed by atoms with Crippen LogP contribution >= 0.6 is 0 Å². The van der Waals surface area contributed by atoms with E-state index in [1.54, 1.807) is 31.6 Å². The van der Waals surface area contributed by atoms with Gasteiger partial charge in [-0.15, -0.1) is 0 Å². The number of ether oxygens (including phenoxy) is 1. The molecular weight excluding hydrogens is 304 g/mol. The smallest absolute Gasteiger partial charge is 0.287 e. The molecule has 1 N–H and O–H groups in total. The molecule has 3 aromatic rings. The third-order valence-electron chi connectivity index (χ3n) is 3.62. The lowest BCUT2D eigenvalue weighted by atomic mass is 9.99. The van der Waals surface area contributed by atoms with E-state index in [2.05, 4.69) is 10.3 Å². The minimum Gasteiger partial charge on any atom is -0.453 e. The molecule has 2 heterocycles. The van der Waals surface area contributed by atoms with Crippen LogP contribution in [0.15, 0.2) is 71.4 Å². The van der Waals surface area contributed by atoms with Gasteiger partial charge in [0, 0.05) is 19.5 Å². The number of methoxy groups -OCH3 is 1. The minimum absolute atomic E-state index is 0.261. The number of hydrogen-bond donors (Lipinski definition) is 1. The Morgan fingerprint density at radius 2 is 1.79 bits per heavy atom. The van der Waals surface area contributed by atoms with Crippen molar-refractivity contribution in [1.29, 1.82) is 0 Å². The Morgan fingerprint density at radius 1 is 1.08 bits per heavy atom. The van der Waals surface area contributed by atoms with Crippen molar-refractivity contribution in [3.8, 4) is 0 Å². The van der Waals surface area contributed by atoms with Gasteiger partial charge in [-0.25, -0.2) is 0 Å². The Kier molecular flexibility index (Phi) is 5.03. The zero-order valence-corrected chi connectivity index (χ0v) is 13.3. The van der Waals surface area contributed by atoms with Crippen LogP contribution in [0.1, 0.15) is 33.5 Å². The second-order valence-electron chi connectivity index (χ2n) is 5.30. The van der Waals surface area contributed by atoms with Crippen molar-refractivity contribution in [2.24, 2.45) is 0 Å². The second-order valence-corrected chi connectivity index (χ2v) is 5.30. The molecule has 5 nitrogen and oxygen atoms in total. The molecule has 1 amide bonds. The van der Waals surface area contributed by atoms with Crippen LogP contribution in [-0.2, 0) is 11.3 Å². The van der Waals surface area contributed by atoms with Crippen molar-refractivity contribution in [1.82, 2.24) is 10.3 Å². The van der Waals surface area contributed by atoms with Crippen molar-refractivity contribution < 1.29 is 13.9 Å². The molecule has 1 aromatic carbocycles. The maximum Gasteiger partial charge on any atom is 0.287 e. The summed E-state index contributed by atoms with van der Waals surface area (Å²) < 4.78 is 10.5. The third kappa shape index (κ3) is 3.70. The van der Waals surface area contributed by atoms with Crippen LogP contribution in [0.4, 0.5) is 0 Å². The molecule has 0 spiro atoms. The van der Waals surface area contributed by atoms with Gasteiger partial charge in [-0.3, -0.25) is 9.78 Å². The van der Waals surface area contributed by atoms with Gasteiger partial charge in [0.25, 0.3) is 5.91 Å². The molecule has 0 saturated heterocycles. The Bertz CT molecular complexity index is 745. The highest BCUT2D eigenvalue weighted by Crippen LogP contribution is 2.22. The molecule has 1 unspecified atom stereocenters. The van der Waals surface area contributed by atoms with Gasteiger partial charge in [-0.2, -0.15) is 0 Å². The van der Waals surface area contributed by atoms with Crippen LogP contribution in [0.5, 0.6) is 0 Å². The van der Waals surface area contributed by atoms with E-state index in [-0.39, 0.29) is 17.7 Å². The molecule has 0 aliphatic carbocycles. The summed E-state index contributed by atoms with van der Waals surface area (Å²) in [7, 11) is 1.58. The van der Waals surface area contributed by atoms with Gasteiger partial charge in [0.15, 0.2) is 5.76 Å². The molecule has 0 bridgehead atoms. The summed E-state index contributed by atoms with van der Waals surface area (Å²) in [6.45, 7) is 0.333. The molecule has 1 atom stereocenters. The summed E-state index contributed by atoms with van der Waals surface area (Å²) in [5.74, 6) is 0.600. The van der Waals surface area contributed by atoms with Crippen molar-refractivity contribution in [3.05, 3.63) is 89.6 Å². The molecule has 3 rings (SSSR count). The average Bonchev–Trinajstić information content (AvgIpc) is 3.10.